The lowest BCUT2D eigenvalue weighted by atomic mass is 9.81. The third-order valence-corrected chi connectivity index (χ3v) is 3.91. The van der Waals surface area contributed by atoms with E-state index in [1.54, 1.807) is 0 Å². The van der Waals surface area contributed by atoms with Crippen molar-refractivity contribution in [2.75, 3.05) is 6.61 Å². The Morgan fingerprint density at radius 2 is 1.88 bits per heavy atom. The van der Waals surface area contributed by atoms with Gasteiger partial charge in [-0.1, -0.05) is 40.9 Å². The van der Waals surface area contributed by atoms with Crippen LogP contribution in [0.5, 0.6) is 0 Å². The Kier molecular flexibility index (Phi) is 4.42. The Bertz CT molecular complexity index is 318. The summed E-state index contributed by atoms with van der Waals surface area (Å²) in [5.74, 6) is 0.599. The van der Waals surface area contributed by atoms with Gasteiger partial charge in [-0.2, -0.15) is 0 Å². The highest BCUT2D eigenvalue weighted by Gasteiger charge is 2.26. The van der Waals surface area contributed by atoms with E-state index in [0.29, 0.717) is 12.0 Å². The average molecular weight is 283 g/mol. The normalized spacial score (nSPS) is 25.6. The second-order valence-electron chi connectivity index (χ2n) is 4.44. The summed E-state index contributed by atoms with van der Waals surface area (Å²) in [6.07, 6.45) is 5.57. The van der Waals surface area contributed by atoms with E-state index in [2.05, 4.69) is 47.1 Å². The molecule has 0 N–H and O–H groups in total. The molecule has 1 aliphatic rings. The fourth-order valence-electron chi connectivity index (χ4n) is 2.60. The molecule has 0 spiro atoms. The van der Waals surface area contributed by atoms with Crippen LogP contribution in [-0.2, 0) is 4.74 Å². The van der Waals surface area contributed by atoms with Gasteiger partial charge in [-0.05, 0) is 37.5 Å². The van der Waals surface area contributed by atoms with Crippen molar-refractivity contribution in [3.05, 3.63) is 34.3 Å². The van der Waals surface area contributed by atoms with Crippen LogP contribution < -0.4 is 0 Å². The minimum absolute atomic E-state index is 0.430. The number of ether oxygens (including phenoxy) is 1. The zero-order chi connectivity index (χ0) is 11.4. The predicted octanol–water partition coefficient (Wildman–Crippen LogP) is 4.51. The van der Waals surface area contributed by atoms with E-state index < -0.39 is 0 Å². The van der Waals surface area contributed by atoms with Crippen LogP contribution in [0.15, 0.2) is 28.7 Å². The van der Waals surface area contributed by atoms with Crippen molar-refractivity contribution < 1.29 is 4.74 Å². The van der Waals surface area contributed by atoms with Crippen molar-refractivity contribution in [2.45, 2.75) is 44.6 Å². The van der Waals surface area contributed by atoms with Gasteiger partial charge in [0.05, 0.1) is 6.10 Å². The zero-order valence-electron chi connectivity index (χ0n) is 9.79. The van der Waals surface area contributed by atoms with Crippen molar-refractivity contribution in [3.8, 4) is 0 Å². The number of hydrogen-bond acceptors (Lipinski definition) is 1. The molecule has 0 radical (unpaired) electrons. The zero-order valence-corrected chi connectivity index (χ0v) is 11.4. The lowest BCUT2D eigenvalue weighted by Gasteiger charge is -2.31. The minimum Gasteiger partial charge on any atom is -0.378 e. The molecule has 1 aliphatic carbocycles. The number of benzene rings is 1. The van der Waals surface area contributed by atoms with Gasteiger partial charge in [0.25, 0.3) is 0 Å². The summed E-state index contributed by atoms with van der Waals surface area (Å²) >= 11 is 3.48. The summed E-state index contributed by atoms with van der Waals surface area (Å²) in [7, 11) is 0. The van der Waals surface area contributed by atoms with E-state index >= 15 is 0 Å². The van der Waals surface area contributed by atoms with Crippen molar-refractivity contribution >= 4 is 15.9 Å². The molecule has 2 heteroatoms. The maximum absolute atomic E-state index is 5.87. The lowest BCUT2D eigenvalue weighted by Crippen LogP contribution is -2.26. The topological polar surface area (TPSA) is 9.23 Å². The molecule has 1 aromatic carbocycles. The van der Waals surface area contributed by atoms with Crippen LogP contribution >= 0.6 is 15.9 Å². The Morgan fingerprint density at radius 3 is 2.56 bits per heavy atom. The van der Waals surface area contributed by atoms with Crippen LogP contribution in [0.4, 0.5) is 0 Å². The second kappa shape index (κ2) is 5.83. The molecule has 0 bridgehead atoms. The quantitative estimate of drug-likeness (QED) is 0.793. The molecule has 1 saturated carbocycles. The summed E-state index contributed by atoms with van der Waals surface area (Å²) in [5.41, 5.74) is 1.43. The SMILES string of the molecule is CCOC1CCCCC1c1ccc(Br)cc1. The highest BCUT2D eigenvalue weighted by molar-refractivity contribution is 9.10. The Balaban J connectivity index is 2.13. The smallest absolute Gasteiger partial charge is 0.0643 e. The van der Waals surface area contributed by atoms with Gasteiger partial charge >= 0.3 is 0 Å². The summed E-state index contributed by atoms with van der Waals surface area (Å²) in [4.78, 5) is 0. The Hall–Kier alpha value is -0.340. The molecule has 1 aromatic rings. The van der Waals surface area contributed by atoms with Crippen LogP contribution in [0.3, 0.4) is 0 Å². The Morgan fingerprint density at radius 1 is 1.19 bits per heavy atom. The monoisotopic (exact) mass is 282 g/mol. The molecule has 2 atom stereocenters. The number of rotatable bonds is 3. The van der Waals surface area contributed by atoms with Gasteiger partial charge in [-0.25, -0.2) is 0 Å². The molecule has 0 saturated heterocycles. The first kappa shape index (κ1) is 12.1. The molecule has 2 rings (SSSR count). The molecule has 16 heavy (non-hydrogen) atoms. The molecule has 88 valence electrons. The van der Waals surface area contributed by atoms with Crippen LogP contribution in [0, 0.1) is 0 Å². The first-order chi connectivity index (χ1) is 7.81. The summed E-state index contributed by atoms with van der Waals surface area (Å²) in [5, 5.41) is 0. The van der Waals surface area contributed by atoms with Gasteiger partial charge in [0.1, 0.15) is 0 Å². The van der Waals surface area contributed by atoms with Gasteiger partial charge in [0.2, 0.25) is 0 Å². The molecule has 0 aliphatic heterocycles. The molecule has 0 amide bonds. The van der Waals surface area contributed by atoms with E-state index in [1.807, 2.05) is 0 Å². The van der Waals surface area contributed by atoms with Crippen molar-refractivity contribution in [1.82, 2.24) is 0 Å². The number of hydrogen-bond donors (Lipinski definition) is 0. The van der Waals surface area contributed by atoms with Gasteiger partial charge < -0.3 is 4.74 Å². The fourth-order valence-corrected chi connectivity index (χ4v) is 2.87. The van der Waals surface area contributed by atoms with E-state index in [0.717, 1.165) is 11.1 Å². The van der Waals surface area contributed by atoms with Gasteiger partial charge in [-0.15, -0.1) is 0 Å². The molecule has 0 aromatic heterocycles. The third kappa shape index (κ3) is 2.86. The second-order valence-corrected chi connectivity index (χ2v) is 5.35. The van der Waals surface area contributed by atoms with Crippen LogP contribution in [0.25, 0.3) is 0 Å². The van der Waals surface area contributed by atoms with Crippen LogP contribution in [-0.4, -0.2) is 12.7 Å². The molecule has 1 fully saturated rings. The molecule has 1 nitrogen and oxygen atoms in total. The van der Waals surface area contributed by atoms with Crippen LogP contribution in [0.2, 0.25) is 0 Å². The van der Waals surface area contributed by atoms with E-state index in [1.165, 1.54) is 31.2 Å². The molecule has 2 unspecified atom stereocenters. The first-order valence-electron chi connectivity index (χ1n) is 6.18. The van der Waals surface area contributed by atoms with E-state index in [4.69, 9.17) is 4.74 Å². The standard InChI is InChI=1S/C14H19BrO/c1-2-16-14-6-4-3-5-13(14)11-7-9-12(15)10-8-11/h7-10,13-14H,2-6H2,1H3. The average Bonchev–Trinajstić information content (AvgIpc) is 2.32. The van der Waals surface area contributed by atoms with Crippen molar-refractivity contribution in [3.63, 3.8) is 0 Å². The van der Waals surface area contributed by atoms with E-state index in [9.17, 15) is 0 Å². The summed E-state index contributed by atoms with van der Waals surface area (Å²) in [6, 6.07) is 8.72. The largest absolute Gasteiger partial charge is 0.378 e. The van der Waals surface area contributed by atoms with Gasteiger partial charge in [0, 0.05) is 17.0 Å². The fraction of sp³-hybridized carbons (Fsp3) is 0.571. The summed E-state index contributed by atoms with van der Waals surface area (Å²) in [6.45, 7) is 2.92. The van der Waals surface area contributed by atoms with Gasteiger partial charge in [-0.3, -0.25) is 0 Å². The third-order valence-electron chi connectivity index (χ3n) is 3.38. The highest BCUT2D eigenvalue weighted by atomic mass is 79.9. The number of halogens is 1. The first-order valence-corrected chi connectivity index (χ1v) is 6.97. The molecular formula is C14H19BrO. The maximum atomic E-state index is 5.87. The van der Waals surface area contributed by atoms with Crippen molar-refractivity contribution in [1.29, 1.82) is 0 Å². The summed E-state index contributed by atoms with van der Waals surface area (Å²) < 4.78 is 7.02. The Labute approximate surface area is 106 Å². The van der Waals surface area contributed by atoms with Gasteiger partial charge in [0.15, 0.2) is 0 Å². The molecular weight excluding hydrogens is 264 g/mol. The van der Waals surface area contributed by atoms with Crippen molar-refractivity contribution in [2.24, 2.45) is 0 Å². The van der Waals surface area contributed by atoms with E-state index in [-0.39, 0.29) is 0 Å². The predicted molar refractivity (Wildman–Crippen MR) is 70.8 cm³/mol. The molecule has 0 heterocycles. The lowest BCUT2D eigenvalue weighted by molar-refractivity contribution is 0.0207. The minimum atomic E-state index is 0.430. The maximum Gasteiger partial charge on any atom is 0.0643 e. The highest BCUT2D eigenvalue weighted by Crippen LogP contribution is 2.35. The van der Waals surface area contributed by atoms with Crippen LogP contribution in [0.1, 0.15) is 44.1 Å².